The minimum Gasteiger partial charge on any atom is -0.353 e. The average molecular weight is 342 g/mol. The third-order valence-electron chi connectivity index (χ3n) is 3.30. The summed E-state index contributed by atoms with van der Waals surface area (Å²) in [6.07, 6.45) is 1.07. The normalized spacial score (nSPS) is 11.5. The van der Waals surface area contributed by atoms with Crippen LogP contribution in [-0.2, 0) is 4.79 Å². The molecule has 1 aromatic rings. The van der Waals surface area contributed by atoms with E-state index in [1.807, 2.05) is 19.9 Å². The van der Waals surface area contributed by atoms with Crippen LogP contribution in [0.2, 0.25) is 0 Å². The van der Waals surface area contributed by atoms with E-state index in [0.29, 0.717) is 12.1 Å². The molecule has 3 N–H and O–H groups in total. The van der Waals surface area contributed by atoms with Crippen LogP contribution in [0.15, 0.2) is 30.3 Å². The van der Waals surface area contributed by atoms with Gasteiger partial charge < -0.3 is 16.0 Å². The SMILES string of the molecule is CCCNCCNC(=O)C(NC(=O)c1ccccc1)C(C)C.Cl. The highest BCUT2D eigenvalue weighted by Gasteiger charge is 2.24. The van der Waals surface area contributed by atoms with Gasteiger partial charge in [-0.05, 0) is 31.0 Å². The van der Waals surface area contributed by atoms with E-state index in [1.54, 1.807) is 24.3 Å². The molecule has 0 radical (unpaired) electrons. The number of rotatable bonds is 9. The molecule has 23 heavy (non-hydrogen) atoms. The number of carbonyl (C=O) groups is 2. The van der Waals surface area contributed by atoms with Gasteiger partial charge in [-0.2, -0.15) is 0 Å². The van der Waals surface area contributed by atoms with E-state index in [9.17, 15) is 9.59 Å². The highest BCUT2D eigenvalue weighted by Crippen LogP contribution is 2.05. The predicted octanol–water partition coefficient (Wildman–Crippen LogP) is 1.98. The molecule has 2 amide bonds. The van der Waals surface area contributed by atoms with Gasteiger partial charge in [0.05, 0.1) is 0 Å². The lowest BCUT2D eigenvalue weighted by Gasteiger charge is -2.21. The van der Waals surface area contributed by atoms with E-state index < -0.39 is 6.04 Å². The number of hydrogen-bond donors (Lipinski definition) is 3. The lowest BCUT2D eigenvalue weighted by Crippen LogP contribution is -2.50. The van der Waals surface area contributed by atoms with Gasteiger partial charge in [-0.25, -0.2) is 0 Å². The summed E-state index contributed by atoms with van der Waals surface area (Å²) in [7, 11) is 0. The Morgan fingerprint density at radius 3 is 2.26 bits per heavy atom. The van der Waals surface area contributed by atoms with Crippen LogP contribution in [0, 0.1) is 5.92 Å². The van der Waals surface area contributed by atoms with E-state index >= 15 is 0 Å². The van der Waals surface area contributed by atoms with Gasteiger partial charge in [-0.15, -0.1) is 12.4 Å². The van der Waals surface area contributed by atoms with Crippen LogP contribution in [0.4, 0.5) is 0 Å². The van der Waals surface area contributed by atoms with Crippen LogP contribution in [-0.4, -0.2) is 37.5 Å². The van der Waals surface area contributed by atoms with Crippen molar-refractivity contribution in [2.45, 2.75) is 33.2 Å². The Labute approximate surface area is 145 Å². The molecule has 0 aliphatic heterocycles. The summed E-state index contributed by atoms with van der Waals surface area (Å²) in [5, 5.41) is 8.90. The summed E-state index contributed by atoms with van der Waals surface area (Å²) in [5.41, 5.74) is 0.561. The first-order valence-electron chi connectivity index (χ1n) is 7.90. The monoisotopic (exact) mass is 341 g/mol. The molecule has 0 heterocycles. The van der Waals surface area contributed by atoms with Gasteiger partial charge in [-0.1, -0.05) is 39.0 Å². The number of hydrogen-bond acceptors (Lipinski definition) is 3. The van der Waals surface area contributed by atoms with Crippen LogP contribution in [0.5, 0.6) is 0 Å². The van der Waals surface area contributed by atoms with E-state index in [2.05, 4.69) is 22.9 Å². The molecule has 0 spiro atoms. The molecule has 0 aliphatic carbocycles. The maximum atomic E-state index is 12.2. The summed E-state index contributed by atoms with van der Waals surface area (Å²) in [4.78, 5) is 24.4. The third kappa shape index (κ3) is 8.00. The fourth-order valence-corrected chi connectivity index (χ4v) is 2.03. The van der Waals surface area contributed by atoms with Crippen molar-refractivity contribution in [1.29, 1.82) is 0 Å². The zero-order chi connectivity index (χ0) is 16.4. The molecule has 130 valence electrons. The third-order valence-corrected chi connectivity index (χ3v) is 3.30. The van der Waals surface area contributed by atoms with Crippen molar-refractivity contribution >= 4 is 24.2 Å². The summed E-state index contributed by atoms with van der Waals surface area (Å²) < 4.78 is 0. The summed E-state index contributed by atoms with van der Waals surface area (Å²) >= 11 is 0. The van der Waals surface area contributed by atoms with Crippen molar-refractivity contribution in [2.75, 3.05) is 19.6 Å². The zero-order valence-corrected chi connectivity index (χ0v) is 14.9. The van der Waals surface area contributed by atoms with E-state index in [1.165, 1.54) is 0 Å². The maximum Gasteiger partial charge on any atom is 0.251 e. The molecule has 5 nitrogen and oxygen atoms in total. The molecule has 1 unspecified atom stereocenters. The van der Waals surface area contributed by atoms with E-state index in [-0.39, 0.29) is 30.1 Å². The van der Waals surface area contributed by atoms with Crippen molar-refractivity contribution in [3.8, 4) is 0 Å². The van der Waals surface area contributed by atoms with Gasteiger partial charge in [-0.3, -0.25) is 9.59 Å². The lowest BCUT2D eigenvalue weighted by molar-refractivity contribution is -0.123. The molecule has 0 saturated carbocycles. The minimum absolute atomic E-state index is 0. The maximum absolute atomic E-state index is 12.2. The molecule has 0 bridgehead atoms. The first-order valence-corrected chi connectivity index (χ1v) is 7.90. The smallest absolute Gasteiger partial charge is 0.251 e. The van der Waals surface area contributed by atoms with E-state index in [4.69, 9.17) is 0 Å². The Balaban J connectivity index is 0.00000484. The Bertz CT molecular complexity index is 466. The highest BCUT2D eigenvalue weighted by molar-refractivity contribution is 5.97. The topological polar surface area (TPSA) is 70.2 Å². The highest BCUT2D eigenvalue weighted by atomic mass is 35.5. The first-order chi connectivity index (χ1) is 10.6. The van der Waals surface area contributed by atoms with Crippen molar-refractivity contribution < 1.29 is 9.59 Å². The standard InChI is InChI=1S/C17H27N3O2.ClH/c1-4-10-18-11-12-19-17(22)15(13(2)3)20-16(21)14-8-6-5-7-9-14;/h5-9,13,15,18H,4,10-12H2,1-3H3,(H,19,22)(H,20,21);1H. The molecule has 0 saturated heterocycles. The molecule has 1 rings (SSSR count). The molecular weight excluding hydrogens is 314 g/mol. The van der Waals surface area contributed by atoms with Gasteiger partial charge in [0.1, 0.15) is 6.04 Å². The van der Waals surface area contributed by atoms with Crippen molar-refractivity contribution in [1.82, 2.24) is 16.0 Å². The Hall–Kier alpha value is -1.59. The molecule has 1 aromatic carbocycles. The van der Waals surface area contributed by atoms with Crippen LogP contribution in [0.25, 0.3) is 0 Å². The summed E-state index contributed by atoms with van der Waals surface area (Å²) in [6, 6.07) is 8.40. The molecule has 1 atom stereocenters. The number of benzene rings is 1. The fourth-order valence-electron chi connectivity index (χ4n) is 2.03. The zero-order valence-electron chi connectivity index (χ0n) is 14.1. The quantitative estimate of drug-likeness (QED) is 0.601. The van der Waals surface area contributed by atoms with Crippen molar-refractivity contribution in [3.63, 3.8) is 0 Å². The van der Waals surface area contributed by atoms with Gasteiger partial charge in [0.15, 0.2) is 0 Å². The molecule has 0 aromatic heterocycles. The second kappa shape index (κ2) is 11.9. The van der Waals surface area contributed by atoms with Crippen molar-refractivity contribution in [2.24, 2.45) is 5.92 Å². The van der Waals surface area contributed by atoms with Crippen LogP contribution < -0.4 is 16.0 Å². The minimum atomic E-state index is -0.529. The van der Waals surface area contributed by atoms with Crippen LogP contribution >= 0.6 is 12.4 Å². The fraction of sp³-hybridized carbons (Fsp3) is 0.529. The predicted molar refractivity (Wildman–Crippen MR) is 96.0 cm³/mol. The number of amides is 2. The Morgan fingerprint density at radius 1 is 1.04 bits per heavy atom. The van der Waals surface area contributed by atoms with Gasteiger partial charge in [0.2, 0.25) is 5.91 Å². The number of halogens is 1. The molecule has 6 heteroatoms. The molecule has 0 aliphatic rings. The average Bonchev–Trinajstić information content (AvgIpc) is 2.52. The number of carbonyl (C=O) groups excluding carboxylic acids is 2. The first kappa shape index (κ1) is 21.4. The second-order valence-corrected chi connectivity index (χ2v) is 5.60. The molecular formula is C17H28ClN3O2. The summed E-state index contributed by atoms with van der Waals surface area (Å²) in [6.45, 7) is 8.17. The van der Waals surface area contributed by atoms with Crippen LogP contribution in [0.3, 0.4) is 0 Å². The largest absolute Gasteiger partial charge is 0.353 e. The van der Waals surface area contributed by atoms with Gasteiger partial charge in [0, 0.05) is 18.7 Å². The van der Waals surface area contributed by atoms with Crippen LogP contribution in [0.1, 0.15) is 37.6 Å². The van der Waals surface area contributed by atoms with E-state index in [0.717, 1.165) is 19.5 Å². The van der Waals surface area contributed by atoms with Gasteiger partial charge >= 0.3 is 0 Å². The van der Waals surface area contributed by atoms with Gasteiger partial charge in [0.25, 0.3) is 5.91 Å². The lowest BCUT2D eigenvalue weighted by atomic mass is 10.0. The van der Waals surface area contributed by atoms with Crippen molar-refractivity contribution in [3.05, 3.63) is 35.9 Å². The Morgan fingerprint density at radius 2 is 1.70 bits per heavy atom. The molecule has 0 fully saturated rings. The number of nitrogens with one attached hydrogen (secondary N) is 3. The summed E-state index contributed by atoms with van der Waals surface area (Å²) in [5.74, 6) is -0.340. The Kier molecular flexibility index (Phi) is 11.1. The second-order valence-electron chi connectivity index (χ2n) is 5.60.